The first-order valence-electron chi connectivity index (χ1n) is 24.8. The number of carbonyl (C=O) groups excluding carboxylic acids is 2. The second-order valence-electron chi connectivity index (χ2n) is 16.8. The quantitative estimate of drug-likeness (QED) is 0.0324. The minimum absolute atomic E-state index is 0.0195. The van der Waals surface area contributed by atoms with Crippen LogP contribution in [0, 0.1) is 0 Å². The van der Waals surface area contributed by atoms with Crippen LogP contribution in [0.25, 0.3) is 0 Å². The van der Waals surface area contributed by atoms with Gasteiger partial charge in [0, 0.05) is 12.8 Å². The molecule has 6 heteroatoms. The number of nitrogens with one attached hydrogen (secondary N) is 1. The third-order valence-corrected chi connectivity index (χ3v) is 11.2. The molecule has 334 valence electrons. The molecule has 0 fully saturated rings. The number of amides is 1. The second kappa shape index (κ2) is 46.8. The van der Waals surface area contributed by atoms with Crippen LogP contribution in [0.15, 0.2) is 36.5 Å². The molecule has 0 bridgehead atoms. The minimum Gasteiger partial charge on any atom is -0.466 e. The maximum atomic E-state index is 12.4. The number of hydrogen-bond acceptors (Lipinski definition) is 5. The molecule has 0 aromatic carbocycles. The minimum atomic E-state index is -0.854. The highest BCUT2D eigenvalue weighted by atomic mass is 16.5. The normalized spacial score (nSPS) is 13.0. The van der Waals surface area contributed by atoms with E-state index < -0.39 is 12.1 Å². The van der Waals surface area contributed by atoms with Gasteiger partial charge in [0.05, 0.1) is 25.4 Å². The highest BCUT2D eigenvalue weighted by Gasteiger charge is 2.18. The first-order chi connectivity index (χ1) is 28.0. The number of hydrogen-bond donors (Lipinski definition) is 3. The van der Waals surface area contributed by atoms with Gasteiger partial charge < -0.3 is 20.3 Å². The average Bonchev–Trinajstić information content (AvgIpc) is 3.21. The first kappa shape index (κ1) is 55.1. The summed E-state index contributed by atoms with van der Waals surface area (Å²) in [5.41, 5.74) is 0. The summed E-state index contributed by atoms with van der Waals surface area (Å²) in [7, 11) is 0. The summed E-state index contributed by atoms with van der Waals surface area (Å²) < 4.78 is 5.46. The van der Waals surface area contributed by atoms with Crippen LogP contribution in [0.5, 0.6) is 0 Å². The lowest BCUT2D eigenvalue weighted by atomic mass is 10.0. The lowest BCUT2D eigenvalue weighted by Crippen LogP contribution is -2.45. The van der Waals surface area contributed by atoms with Crippen LogP contribution in [0.2, 0.25) is 0 Å². The maximum absolute atomic E-state index is 12.4. The van der Waals surface area contributed by atoms with Crippen molar-refractivity contribution in [1.82, 2.24) is 5.32 Å². The van der Waals surface area contributed by atoms with Crippen molar-refractivity contribution in [3.63, 3.8) is 0 Å². The molecule has 0 aromatic rings. The van der Waals surface area contributed by atoms with Crippen LogP contribution in [0.3, 0.4) is 0 Å². The first-order valence-corrected chi connectivity index (χ1v) is 24.8. The van der Waals surface area contributed by atoms with E-state index in [0.717, 1.165) is 64.2 Å². The van der Waals surface area contributed by atoms with Crippen molar-refractivity contribution in [2.24, 2.45) is 0 Å². The van der Waals surface area contributed by atoms with E-state index >= 15 is 0 Å². The largest absolute Gasteiger partial charge is 0.466 e. The van der Waals surface area contributed by atoms with E-state index in [-0.39, 0.29) is 18.5 Å². The smallest absolute Gasteiger partial charge is 0.305 e. The van der Waals surface area contributed by atoms with Gasteiger partial charge in [-0.1, -0.05) is 211 Å². The molecule has 57 heavy (non-hydrogen) atoms. The van der Waals surface area contributed by atoms with Gasteiger partial charge in [-0.05, 0) is 64.2 Å². The molecule has 0 aliphatic rings. The lowest BCUT2D eigenvalue weighted by Gasteiger charge is -2.20. The van der Waals surface area contributed by atoms with Crippen LogP contribution in [0.4, 0.5) is 0 Å². The molecule has 0 saturated carbocycles. The van der Waals surface area contributed by atoms with Crippen molar-refractivity contribution in [2.45, 2.75) is 264 Å². The average molecular weight is 802 g/mol. The molecule has 0 aliphatic carbocycles. The number of esters is 1. The van der Waals surface area contributed by atoms with Crippen molar-refractivity contribution >= 4 is 11.9 Å². The zero-order valence-corrected chi connectivity index (χ0v) is 37.8. The van der Waals surface area contributed by atoms with E-state index in [1.807, 2.05) is 6.08 Å². The summed E-state index contributed by atoms with van der Waals surface area (Å²) in [6.45, 7) is 4.82. The fourth-order valence-corrected chi connectivity index (χ4v) is 7.31. The molecule has 0 spiro atoms. The molecule has 2 atom stereocenters. The molecule has 1 amide bonds. The van der Waals surface area contributed by atoms with Crippen molar-refractivity contribution in [2.75, 3.05) is 13.2 Å². The fourth-order valence-electron chi connectivity index (χ4n) is 7.31. The molecular formula is C51H95NO5. The lowest BCUT2D eigenvalue weighted by molar-refractivity contribution is -0.143. The van der Waals surface area contributed by atoms with E-state index in [9.17, 15) is 19.8 Å². The van der Waals surface area contributed by atoms with E-state index in [1.54, 1.807) is 6.08 Å². The Morgan fingerprint density at radius 3 is 1.37 bits per heavy atom. The Kier molecular flexibility index (Phi) is 45.2. The van der Waals surface area contributed by atoms with Crippen molar-refractivity contribution < 1.29 is 24.5 Å². The molecule has 6 nitrogen and oxygen atoms in total. The number of unbranched alkanes of at least 4 members (excludes halogenated alkanes) is 30. The molecule has 2 unspecified atom stereocenters. The molecule has 0 aromatic heterocycles. The summed E-state index contributed by atoms with van der Waals surface area (Å²) in [5, 5.41) is 22.9. The standard InChI is InChI=1S/C51H95NO5/c1-3-5-7-9-11-13-15-16-17-18-19-20-25-29-33-37-41-45-51(56)57-46-42-38-34-30-26-22-21-24-28-32-36-40-44-50(55)52-48(47-53)49(54)43-39-35-31-27-23-14-12-10-8-6-4-2/h11,13,16-17,39,43,48-49,53-54H,3-10,12,14-15,18-38,40-42,44-47H2,1-2H3,(H,52,55)/b13-11-,17-16-,43-39+. The summed E-state index contributed by atoms with van der Waals surface area (Å²) >= 11 is 0. The zero-order chi connectivity index (χ0) is 41.5. The van der Waals surface area contributed by atoms with Crippen molar-refractivity contribution in [3.05, 3.63) is 36.5 Å². The van der Waals surface area contributed by atoms with Crippen molar-refractivity contribution in [1.29, 1.82) is 0 Å². The van der Waals surface area contributed by atoms with E-state index in [2.05, 4.69) is 43.5 Å². The molecule has 3 N–H and O–H groups in total. The molecule has 0 aliphatic heterocycles. The highest BCUT2D eigenvalue weighted by Crippen LogP contribution is 2.15. The predicted octanol–water partition coefficient (Wildman–Crippen LogP) is 14.5. The second-order valence-corrected chi connectivity index (χ2v) is 16.8. The zero-order valence-electron chi connectivity index (χ0n) is 37.8. The van der Waals surface area contributed by atoms with Gasteiger partial charge in [-0.25, -0.2) is 0 Å². The number of ether oxygens (including phenoxy) is 1. The van der Waals surface area contributed by atoms with Gasteiger partial charge in [-0.3, -0.25) is 9.59 Å². The Morgan fingerprint density at radius 2 is 0.877 bits per heavy atom. The summed E-state index contributed by atoms with van der Waals surface area (Å²) in [5.74, 6) is -0.106. The monoisotopic (exact) mass is 802 g/mol. The number of allylic oxidation sites excluding steroid dienone is 5. The Hall–Kier alpha value is -1.92. The SMILES string of the molecule is CCCCC/C=C\C/C=C\CCCCCCCCCC(=O)OCCCCCCCCCCCCCCC(=O)NC(CO)C(O)/C=C/CCCCCCCCCCC. The molecule has 0 saturated heterocycles. The van der Waals surface area contributed by atoms with E-state index in [1.165, 1.54) is 161 Å². The summed E-state index contributed by atoms with van der Waals surface area (Å²) in [6.07, 6.45) is 55.6. The molecular weight excluding hydrogens is 707 g/mol. The predicted molar refractivity (Wildman–Crippen MR) is 246 cm³/mol. The Morgan fingerprint density at radius 1 is 0.491 bits per heavy atom. The summed E-state index contributed by atoms with van der Waals surface area (Å²) in [6, 6.07) is -0.639. The molecule has 0 radical (unpaired) electrons. The Bertz CT molecular complexity index is 931. The summed E-state index contributed by atoms with van der Waals surface area (Å²) in [4.78, 5) is 24.4. The van der Waals surface area contributed by atoms with Gasteiger partial charge in [0.25, 0.3) is 0 Å². The molecule has 0 rings (SSSR count). The fraction of sp³-hybridized carbons (Fsp3) is 0.843. The number of carbonyl (C=O) groups is 2. The van der Waals surface area contributed by atoms with Crippen molar-refractivity contribution in [3.8, 4) is 0 Å². The van der Waals surface area contributed by atoms with Crippen LogP contribution >= 0.6 is 0 Å². The van der Waals surface area contributed by atoms with Gasteiger partial charge in [0.2, 0.25) is 5.91 Å². The third kappa shape index (κ3) is 43.5. The number of rotatable bonds is 45. The van der Waals surface area contributed by atoms with Crippen LogP contribution in [-0.2, 0) is 14.3 Å². The third-order valence-electron chi connectivity index (χ3n) is 11.2. The topological polar surface area (TPSA) is 95.9 Å². The van der Waals surface area contributed by atoms with Gasteiger partial charge in [0.1, 0.15) is 0 Å². The van der Waals surface area contributed by atoms with Gasteiger partial charge in [0.15, 0.2) is 0 Å². The highest BCUT2D eigenvalue weighted by molar-refractivity contribution is 5.76. The van der Waals surface area contributed by atoms with Gasteiger partial charge in [-0.2, -0.15) is 0 Å². The Labute approximate surface area is 353 Å². The number of aliphatic hydroxyl groups is 2. The maximum Gasteiger partial charge on any atom is 0.305 e. The van der Waals surface area contributed by atoms with Gasteiger partial charge >= 0.3 is 5.97 Å². The van der Waals surface area contributed by atoms with Crippen LogP contribution in [0.1, 0.15) is 251 Å². The molecule has 0 heterocycles. The Balaban J connectivity index is 3.48. The van der Waals surface area contributed by atoms with Crippen LogP contribution < -0.4 is 5.32 Å². The number of aliphatic hydroxyl groups excluding tert-OH is 2. The van der Waals surface area contributed by atoms with E-state index in [0.29, 0.717) is 19.4 Å². The van der Waals surface area contributed by atoms with Crippen LogP contribution in [-0.4, -0.2) is 47.4 Å². The van der Waals surface area contributed by atoms with E-state index in [4.69, 9.17) is 4.74 Å². The van der Waals surface area contributed by atoms with Gasteiger partial charge in [-0.15, -0.1) is 0 Å².